The second kappa shape index (κ2) is 4.60. The van der Waals surface area contributed by atoms with Gasteiger partial charge in [-0.15, -0.1) is 0 Å². The highest BCUT2D eigenvalue weighted by molar-refractivity contribution is 5.76. The normalized spacial score (nSPS) is 37.5. The molecule has 2 aliphatic rings. The predicted octanol–water partition coefficient (Wildman–Crippen LogP) is 2.02. The molecular formula is C14H26N2O. The van der Waals surface area contributed by atoms with Crippen LogP contribution < -0.4 is 5.32 Å². The summed E-state index contributed by atoms with van der Waals surface area (Å²) in [6.07, 6.45) is 4.29. The minimum atomic E-state index is 0.294. The number of piperidine rings is 1. The molecule has 3 nitrogen and oxygen atoms in total. The maximum Gasteiger partial charge on any atom is 0.222 e. The van der Waals surface area contributed by atoms with E-state index < -0.39 is 0 Å². The molecule has 2 fully saturated rings. The van der Waals surface area contributed by atoms with Crippen LogP contribution in [-0.2, 0) is 4.79 Å². The molecule has 0 aromatic carbocycles. The zero-order valence-corrected chi connectivity index (χ0v) is 11.6. The van der Waals surface area contributed by atoms with E-state index in [4.69, 9.17) is 0 Å². The maximum absolute atomic E-state index is 11.4. The van der Waals surface area contributed by atoms with Gasteiger partial charge in [0.25, 0.3) is 0 Å². The molecule has 98 valence electrons. The number of likely N-dealkylation sites (tertiary alicyclic amines) is 1. The lowest BCUT2D eigenvalue weighted by molar-refractivity contribution is -0.132. The molecule has 17 heavy (non-hydrogen) atoms. The van der Waals surface area contributed by atoms with Gasteiger partial charge in [0.05, 0.1) is 0 Å². The van der Waals surface area contributed by atoms with Crippen molar-refractivity contribution >= 4 is 5.91 Å². The van der Waals surface area contributed by atoms with Crippen LogP contribution in [-0.4, -0.2) is 36.5 Å². The number of hydrogen-bond donors (Lipinski definition) is 1. The quantitative estimate of drug-likeness (QED) is 0.798. The van der Waals surface area contributed by atoms with Gasteiger partial charge in [0.15, 0.2) is 0 Å². The van der Waals surface area contributed by atoms with E-state index in [1.165, 1.54) is 12.8 Å². The van der Waals surface area contributed by atoms with Crippen molar-refractivity contribution in [2.75, 3.05) is 13.6 Å². The van der Waals surface area contributed by atoms with Crippen molar-refractivity contribution in [2.45, 2.75) is 58.5 Å². The number of likely N-dealkylation sites (N-methyl/N-ethyl adjacent to an activating group) is 1. The van der Waals surface area contributed by atoms with E-state index in [0.717, 1.165) is 18.9 Å². The fraction of sp³-hybridized carbons (Fsp3) is 0.929. The molecule has 2 rings (SSSR count). The summed E-state index contributed by atoms with van der Waals surface area (Å²) in [5.74, 6) is 1.05. The monoisotopic (exact) mass is 238 g/mol. The Hall–Kier alpha value is -0.570. The van der Waals surface area contributed by atoms with Gasteiger partial charge in [-0.25, -0.2) is 0 Å². The first-order valence-corrected chi connectivity index (χ1v) is 6.87. The van der Waals surface area contributed by atoms with Gasteiger partial charge in [-0.05, 0) is 30.6 Å². The summed E-state index contributed by atoms with van der Waals surface area (Å²) in [4.78, 5) is 13.3. The first-order valence-electron chi connectivity index (χ1n) is 6.87. The lowest BCUT2D eigenvalue weighted by Crippen LogP contribution is -2.50. The number of rotatable bonds is 2. The van der Waals surface area contributed by atoms with Gasteiger partial charge in [0.1, 0.15) is 0 Å². The van der Waals surface area contributed by atoms with Gasteiger partial charge >= 0.3 is 0 Å². The highest BCUT2D eigenvalue weighted by atomic mass is 16.2. The minimum absolute atomic E-state index is 0.294. The summed E-state index contributed by atoms with van der Waals surface area (Å²) in [6.45, 7) is 7.95. The fourth-order valence-electron chi connectivity index (χ4n) is 3.57. The Labute approximate surface area is 105 Å². The Balaban J connectivity index is 1.88. The topological polar surface area (TPSA) is 32.3 Å². The average molecular weight is 238 g/mol. The molecule has 1 aliphatic carbocycles. The summed E-state index contributed by atoms with van der Waals surface area (Å²) >= 11 is 0. The van der Waals surface area contributed by atoms with E-state index in [9.17, 15) is 4.79 Å². The summed E-state index contributed by atoms with van der Waals surface area (Å²) in [7, 11) is 1.91. The highest BCUT2D eigenvalue weighted by Gasteiger charge is 2.38. The molecule has 0 bridgehead atoms. The van der Waals surface area contributed by atoms with Crippen molar-refractivity contribution < 1.29 is 4.79 Å². The van der Waals surface area contributed by atoms with Gasteiger partial charge < -0.3 is 10.2 Å². The van der Waals surface area contributed by atoms with E-state index in [2.05, 4.69) is 26.1 Å². The zero-order valence-electron chi connectivity index (χ0n) is 11.6. The smallest absolute Gasteiger partial charge is 0.222 e. The highest BCUT2D eigenvalue weighted by Crippen LogP contribution is 2.41. The van der Waals surface area contributed by atoms with Crippen LogP contribution in [0.1, 0.15) is 46.5 Å². The van der Waals surface area contributed by atoms with Crippen LogP contribution in [0, 0.1) is 11.3 Å². The number of carbonyl (C=O) groups is 1. The lowest BCUT2D eigenvalue weighted by Gasteiger charge is -2.33. The van der Waals surface area contributed by atoms with Crippen molar-refractivity contribution in [2.24, 2.45) is 11.3 Å². The fourth-order valence-corrected chi connectivity index (χ4v) is 3.57. The number of amides is 1. The van der Waals surface area contributed by atoms with Crippen LogP contribution in [0.25, 0.3) is 0 Å². The van der Waals surface area contributed by atoms with E-state index >= 15 is 0 Å². The molecule has 1 saturated heterocycles. The van der Waals surface area contributed by atoms with Gasteiger partial charge in [0.2, 0.25) is 5.91 Å². The van der Waals surface area contributed by atoms with Crippen LogP contribution in [0.2, 0.25) is 0 Å². The van der Waals surface area contributed by atoms with E-state index in [0.29, 0.717) is 29.8 Å². The van der Waals surface area contributed by atoms with Crippen molar-refractivity contribution in [3.8, 4) is 0 Å². The summed E-state index contributed by atoms with van der Waals surface area (Å²) < 4.78 is 0. The molecule has 1 N–H and O–H groups in total. The second-order valence-corrected chi connectivity index (χ2v) is 6.83. The summed E-state index contributed by atoms with van der Waals surface area (Å²) in [5, 5.41) is 3.78. The first-order chi connectivity index (χ1) is 7.87. The third-order valence-corrected chi connectivity index (χ3v) is 4.41. The minimum Gasteiger partial charge on any atom is -0.344 e. The second-order valence-electron chi connectivity index (χ2n) is 6.83. The molecular weight excluding hydrogens is 212 g/mol. The molecule has 0 radical (unpaired) electrons. The van der Waals surface area contributed by atoms with Crippen LogP contribution in [0.5, 0.6) is 0 Å². The van der Waals surface area contributed by atoms with Crippen LogP contribution in [0.15, 0.2) is 0 Å². The zero-order chi connectivity index (χ0) is 12.6. The molecule has 0 unspecified atom stereocenters. The lowest BCUT2D eigenvalue weighted by atomic mass is 9.91. The third kappa shape index (κ3) is 3.01. The largest absolute Gasteiger partial charge is 0.344 e. The molecule has 0 spiro atoms. The van der Waals surface area contributed by atoms with E-state index in [1.54, 1.807) is 0 Å². The average Bonchev–Trinajstić information content (AvgIpc) is 2.46. The van der Waals surface area contributed by atoms with Crippen molar-refractivity contribution in [3.63, 3.8) is 0 Å². The number of hydrogen-bond acceptors (Lipinski definition) is 2. The molecule has 3 heteroatoms. The number of nitrogens with one attached hydrogen (secondary N) is 1. The van der Waals surface area contributed by atoms with E-state index in [-0.39, 0.29) is 0 Å². The van der Waals surface area contributed by atoms with Gasteiger partial charge in [-0.1, -0.05) is 20.8 Å². The Kier molecular flexibility index (Phi) is 3.48. The van der Waals surface area contributed by atoms with Crippen LogP contribution in [0.3, 0.4) is 0 Å². The summed E-state index contributed by atoms with van der Waals surface area (Å²) in [6, 6.07) is 1.13. The Bertz CT molecular complexity index is 301. The summed E-state index contributed by atoms with van der Waals surface area (Å²) in [5.41, 5.74) is 0.480. The maximum atomic E-state index is 11.4. The molecule has 3 atom stereocenters. The molecule has 1 saturated carbocycles. The van der Waals surface area contributed by atoms with Crippen molar-refractivity contribution in [1.29, 1.82) is 0 Å². The standard InChI is InChI=1S/C14H26N2O/c1-10-7-14(2,3)8-12(10)15-11-5-6-13(17)16(4)9-11/h10-12,15H,5-9H2,1-4H3/t10-,11-,12-/m1/s1. The van der Waals surface area contributed by atoms with Gasteiger partial charge in [0, 0.05) is 32.1 Å². The number of nitrogens with zero attached hydrogens (tertiary/aromatic N) is 1. The number of carbonyl (C=O) groups excluding carboxylic acids is 1. The van der Waals surface area contributed by atoms with Crippen molar-refractivity contribution in [3.05, 3.63) is 0 Å². The Morgan fingerprint density at radius 1 is 1.35 bits per heavy atom. The van der Waals surface area contributed by atoms with Crippen LogP contribution in [0.4, 0.5) is 0 Å². The predicted molar refractivity (Wildman–Crippen MR) is 69.8 cm³/mol. The van der Waals surface area contributed by atoms with Crippen LogP contribution >= 0.6 is 0 Å². The third-order valence-electron chi connectivity index (χ3n) is 4.41. The first kappa shape index (κ1) is 12.9. The van der Waals surface area contributed by atoms with Gasteiger partial charge in [-0.2, -0.15) is 0 Å². The Morgan fingerprint density at radius 2 is 2.06 bits per heavy atom. The van der Waals surface area contributed by atoms with Gasteiger partial charge in [-0.3, -0.25) is 4.79 Å². The molecule has 1 amide bonds. The molecule has 1 heterocycles. The van der Waals surface area contributed by atoms with Crippen molar-refractivity contribution in [1.82, 2.24) is 10.2 Å². The Morgan fingerprint density at radius 3 is 2.59 bits per heavy atom. The molecule has 0 aromatic rings. The SMILES string of the molecule is C[C@@H]1CC(C)(C)C[C@H]1N[C@@H]1CCC(=O)N(C)C1. The van der Waals surface area contributed by atoms with E-state index in [1.807, 2.05) is 11.9 Å². The molecule has 0 aromatic heterocycles. The molecule has 1 aliphatic heterocycles.